The van der Waals surface area contributed by atoms with Crippen LogP contribution in [0.4, 0.5) is 5.69 Å². The molecule has 0 radical (unpaired) electrons. The van der Waals surface area contributed by atoms with Crippen molar-refractivity contribution in [2.24, 2.45) is 5.92 Å². The lowest BCUT2D eigenvalue weighted by Crippen LogP contribution is -2.37. The highest BCUT2D eigenvalue weighted by molar-refractivity contribution is 7.92. The average Bonchev–Trinajstić information content (AvgIpc) is 3.15. The predicted molar refractivity (Wildman–Crippen MR) is 110 cm³/mol. The van der Waals surface area contributed by atoms with Crippen molar-refractivity contribution in [1.82, 2.24) is 5.32 Å². The fraction of sp³-hybridized carbons (Fsp3) is 0.409. The van der Waals surface area contributed by atoms with Gasteiger partial charge in [-0.1, -0.05) is 31.2 Å². The smallest absolute Gasteiger partial charge is 0.264 e. The largest absolute Gasteiger partial charge is 0.349 e. The Hall–Kier alpha value is -2.34. The second-order valence-electron chi connectivity index (χ2n) is 7.91. The number of sulfonamides is 1. The lowest BCUT2D eigenvalue weighted by molar-refractivity contribution is 0.0923. The summed E-state index contributed by atoms with van der Waals surface area (Å²) in [5.74, 6) is 0.517. The number of para-hydroxylation sites is 1. The molecule has 1 heterocycles. The summed E-state index contributed by atoms with van der Waals surface area (Å²) in [6, 6.07) is 14.1. The summed E-state index contributed by atoms with van der Waals surface area (Å²) < 4.78 is 27.8. The van der Waals surface area contributed by atoms with E-state index >= 15 is 0 Å². The summed E-state index contributed by atoms with van der Waals surface area (Å²) in [5, 5.41) is 3.07. The van der Waals surface area contributed by atoms with Crippen molar-refractivity contribution in [3.05, 3.63) is 59.7 Å². The highest BCUT2D eigenvalue weighted by Gasteiger charge is 2.31. The van der Waals surface area contributed by atoms with Crippen molar-refractivity contribution in [3.63, 3.8) is 0 Å². The number of fused-ring (bicyclic) bond motifs is 1. The van der Waals surface area contributed by atoms with E-state index in [0.29, 0.717) is 24.4 Å². The number of hydrogen-bond donors (Lipinski definition) is 1. The van der Waals surface area contributed by atoms with Crippen LogP contribution >= 0.6 is 0 Å². The molecular weight excluding hydrogens is 372 g/mol. The quantitative estimate of drug-likeness (QED) is 0.853. The fourth-order valence-electron chi connectivity index (χ4n) is 4.16. The zero-order valence-corrected chi connectivity index (χ0v) is 16.9. The Balaban J connectivity index is 1.54. The van der Waals surface area contributed by atoms with Crippen molar-refractivity contribution in [2.45, 2.75) is 50.0 Å². The summed E-state index contributed by atoms with van der Waals surface area (Å²) >= 11 is 0. The molecule has 2 aromatic rings. The van der Waals surface area contributed by atoms with Gasteiger partial charge in [0.25, 0.3) is 15.9 Å². The van der Waals surface area contributed by atoms with Gasteiger partial charge in [-0.2, -0.15) is 0 Å². The number of hydrogen-bond acceptors (Lipinski definition) is 3. The van der Waals surface area contributed by atoms with Crippen molar-refractivity contribution >= 4 is 21.6 Å². The molecule has 0 unspecified atom stereocenters. The fourth-order valence-corrected chi connectivity index (χ4v) is 5.71. The highest BCUT2D eigenvalue weighted by atomic mass is 32.2. The Kier molecular flexibility index (Phi) is 5.15. The molecule has 0 aromatic heterocycles. The molecular formula is C22H26N2O3S. The molecule has 0 saturated heterocycles. The van der Waals surface area contributed by atoms with E-state index < -0.39 is 10.0 Å². The molecule has 4 rings (SSSR count). The first-order chi connectivity index (χ1) is 13.4. The van der Waals surface area contributed by atoms with Gasteiger partial charge >= 0.3 is 0 Å². The lowest BCUT2D eigenvalue weighted by Gasteiger charge is -2.27. The van der Waals surface area contributed by atoms with Gasteiger partial charge in [-0.3, -0.25) is 9.10 Å². The van der Waals surface area contributed by atoms with Crippen LogP contribution in [0.2, 0.25) is 0 Å². The molecule has 6 heteroatoms. The maximum absolute atomic E-state index is 13.2. The van der Waals surface area contributed by atoms with E-state index in [1.165, 1.54) is 10.4 Å². The standard InChI is InChI=1S/C22H26N2O3S/c1-16-9-11-19(12-10-16)23-22(25)18-6-4-7-20(15-18)28(26,27)24-14-13-17-5-2-3-8-21(17)24/h2-8,15-16,19H,9-14H2,1H3,(H,23,25). The van der Waals surface area contributed by atoms with E-state index in [1.54, 1.807) is 18.2 Å². The van der Waals surface area contributed by atoms with Crippen molar-refractivity contribution in [3.8, 4) is 0 Å². The Morgan fingerprint density at radius 1 is 1.04 bits per heavy atom. The summed E-state index contributed by atoms with van der Waals surface area (Å²) in [5.41, 5.74) is 2.16. The van der Waals surface area contributed by atoms with E-state index in [2.05, 4.69) is 12.2 Å². The van der Waals surface area contributed by atoms with Gasteiger partial charge in [0.15, 0.2) is 0 Å². The van der Waals surface area contributed by atoms with E-state index in [0.717, 1.165) is 36.9 Å². The molecule has 148 valence electrons. The highest BCUT2D eigenvalue weighted by Crippen LogP contribution is 2.32. The van der Waals surface area contributed by atoms with Gasteiger partial charge in [-0.15, -0.1) is 0 Å². The Bertz CT molecular complexity index is 979. The van der Waals surface area contributed by atoms with E-state index in [9.17, 15) is 13.2 Å². The van der Waals surface area contributed by atoms with Gasteiger partial charge < -0.3 is 5.32 Å². The van der Waals surface area contributed by atoms with Gasteiger partial charge in [0.05, 0.1) is 10.6 Å². The Morgan fingerprint density at radius 2 is 1.79 bits per heavy atom. The minimum absolute atomic E-state index is 0.161. The molecule has 1 fully saturated rings. The lowest BCUT2D eigenvalue weighted by atomic mass is 9.87. The maximum Gasteiger partial charge on any atom is 0.264 e. The number of carbonyl (C=O) groups is 1. The zero-order chi connectivity index (χ0) is 19.7. The first-order valence-corrected chi connectivity index (χ1v) is 11.4. The third kappa shape index (κ3) is 3.65. The van der Waals surface area contributed by atoms with Gasteiger partial charge in [0, 0.05) is 18.2 Å². The second-order valence-corrected chi connectivity index (χ2v) is 9.78. The number of anilines is 1. The molecule has 1 saturated carbocycles. The molecule has 0 atom stereocenters. The van der Waals surface area contributed by atoms with Crippen LogP contribution in [0.1, 0.15) is 48.5 Å². The van der Waals surface area contributed by atoms with Crippen molar-refractivity contribution in [2.75, 3.05) is 10.8 Å². The number of carbonyl (C=O) groups excluding carboxylic acids is 1. The first-order valence-electron chi connectivity index (χ1n) is 9.97. The minimum Gasteiger partial charge on any atom is -0.349 e. The minimum atomic E-state index is -3.70. The summed E-state index contributed by atoms with van der Waals surface area (Å²) in [7, 11) is -3.70. The van der Waals surface area contributed by atoms with Crippen LogP contribution in [-0.4, -0.2) is 26.9 Å². The molecule has 2 aromatic carbocycles. The maximum atomic E-state index is 13.2. The van der Waals surface area contributed by atoms with Crippen LogP contribution in [0.3, 0.4) is 0 Å². The number of benzene rings is 2. The normalized spacial score (nSPS) is 22.0. The van der Waals surface area contributed by atoms with Gasteiger partial charge in [-0.05, 0) is 67.9 Å². The van der Waals surface area contributed by atoms with Crippen LogP contribution in [0.25, 0.3) is 0 Å². The van der Waals surface area contributed by atoms with Crippen molar-refractivity contribution in [1.29, 1.82) is 0 Å². The van der Waals surface area contributed by atoms with E-state index in [-0.39, 0.29) is 16.8 Å². The van der Waals surface area contributed by atoms with Crippen LogP contribution in [0.15, 0.2) is 53.4 Å². The van der Waals surface area contributed by atoms with Gasteiger partial charge in [-0.25, -0.2) is 8.42 Å². The van der Waals surface area contributed by atoms with Crippen LogP contribution in [-0.2, 0) is 16.4 Å². The Morgan fingerprint density at radius 3 is 2.57 bits per heavy atom. The summed E-state index contributed by atoms with van der Waals surface area (Å²) in [6.07, 6.45) is 4.90. The molecule has 5 nitrogen and oxygen atoms in total. The van der Waals surface area contributed by atoms with Crippen molar-refractivity contribution < 1.29 is 13.2 Å². The summed E-state index contributed by atoms with van der Waals surface area (Å²) in [6.45, 7) is 2.67. The average molecular weight is 399 g/mol. The molecule has 0 spiro atoms. The van der Waals surface area contributed by atoms with Crippen LogP contribution in [0, 0.1) is 5.92 Å². The number of nitrogens with zero attached hydrogens (tertiary/aromatic N) is 1. The van der Waals surface area contributed by atoms with Crippen LogP contribution < -0.4 is 9.62 Å². The van der Waals surface area contributed by atoms with E-state index in [1.807, 2.05) is 24.3 Å². The summed E-state index contributed by atoms with van der Waals surface area (Å²) in [4.78, 5) is 12.8. The van der Waals surface area contributed by atoms with Gasteiger partial charge in [0.2, 0.25) is 0 Å². The van der Waals surface area contributed by atoms with Gasteiger partial charge in [0.1, 0.15) is 0 Å². The monoisotopic (exact) mass is 398 g/mol. The second kappa shape index (κ2) is 7.59. The topological polar surface area (TPSA) is 66.5 Å². The molecule has 28 heavy (non-hydrogen) atoms. The molecule has 2 aliphatic rings. The molecule has 1 amide bonds. The number of nitrogens with one attached hydrogen (secondary N) is 1. The van der Waals surface area contributed by atoms with E-state index in [4.69, 9.17) is 0 Å². The molecule has 1 aliphatic heterocycles. The molecule has 0 bridgehead atoms. The third-order valence-electron chi connectivity index (χ3n) is 5.88. The zero-order valence-electron chi connectivity index (χ0n) is 16.1. The number of rotatable bonds is 4. The molecule has 1 N–H and O–H groups in total. The predicted octanol–water partition coefficient (Wildman–Crippen LogP) is 3.75. The number of amides is 1. The van der Waals surface area contributed by atoms with Crippen LogP contribution in [0.5, 0.6) is 0 Å². The third-order valence-corrected chi connectivity index (χ3v) is 7.69. The SMILES string of the molecule is CC1CCC(NC(=O)c2cccc(S(=O)(=O)N3CCc4ccccc43)c2)CC1. The molecule has 1 aliphatic carbocycles. The Labute approximate surface area is 166 Å². The first kappa shape index (κ1) is 19.0.